The minimum Gasteiger partial charge on any atom is -0.459 e. The van der Waals surface area contributed by atoms with Crippen LogP contribution in [0.15, 0.2) is 60.0 Å². The number of esters is 1. The van der Waals surface area contributed by atoms with Crippen molar-refractivity contribution in [3.8, 4) is 11.3 Å². The SMILES string of the molecule is CC(C)(C)OC(=O)C(C(=O)c1ccccc1Cl)c1nc(-c2ccccc2)cs1. The van der Waals surface area contributed by atoms with Crippen molar-refractivity contribution < 1.29 is 14.3 Å². The van der Waals surface area contributed by atoms with Gasteiger partial charge in [0.1, 0.15) is 10.6 Å². The van der Waals surface area contributed by atoms with Crippen molar-refractivity contribution in [1.82, 2.24) is 4.98 Å². The van der Waals surface area contributed by atoms with Gasteiger partial charge in [-0.2, -0.15) is 0 Å². The number of nitrogens with zero attached hydrogens (tertiary/aromatic N) is 1. The standard InChI is InChI=1S/C22H20ClNO3S/c1-22(2,3)27-21(26)18(19(25)15-11-7-8-12-16(15)23)20-24-17(13-28-20)14-9-5-4-6-10-14/h4-13,18H,1-3H3. The molecule has 1 unspecified atom stereocenters. The van der Waals surface area contributed by atoms with Crippen LogP contribution in [0.25, 0.3) is 11.3 Å². The Morgan fingerprint density at radius 2 is 1.68 bits per heavy atom. The Morgan fingerprint density at radius 1 is 1.04 bits per heavy atom. The molecule has 2 aromatic carbocycles. The number of carbonyl (C=O) groups is 2. The molecule has 1 aromatic heterocycles. The summed E-state index contributed by atoms with van der Waals surface area (Å²) >= 11 is 7.46. The van der Waals surface area contributed by atoms with Crippen molar-refractivity contribution in [3.63, 3.8) is 0 Å². The van der Waals surface area contributed by atoms with Gasteiger partial charge in [-0.05, 0) is 32.9 Å². The molecule has 4 nitrogen and oxygen atoms in total. The third-order valence-electron chi connectivity index (χ3n) is 3.88. The van der Waals surface area contributed by atoms with Gasteiger partial charge in [0.2, 0.25) is 0 Å². The second-order valence-electron chi connectivity index (χ2n) is 7.25. The van der Waals surface area contributed by atoms with E-state index in [0.717, 1.165) is 5.56 Å². The average Bonchev–Trinajstić information content (AvgIpc) is 3.11. The van der Waals surface area contributed by atoms with Crippen molar-refractivity contribution in [3.05, 3.63) is 75.6 Å². The zero-order chi connectivity index (χ0) is 20.3. The first-order chi connectivity index (χ1) is 13.3. The Bertz CT molecular complexity index is 992. The lowest BCUT2D eigenvalue weighted by Crippen LogP contribution is -2.31. The van der Waals surface area contributed by atoms with Crippen molar-refractivity contribution in [2.75, 3.05) is 0 Å². The molecule has 0 amide bonds. The third-order valence-corrected chi connectivity index (χ3v) is 5.12. The van der Waals surface area contributed by atoms with Crippen molar-refractivity contribution in [2.45, 2.75) is 32.3 Å². The molecule has 3 aromatic rings. The predicted octanol–water partition coefficient (Wildman–Crippen LogP) is 5.77. The molecule has 6 heteroatoms. The van der Waals surface area contributed by atoms with Gasteiger partial charge >= 0.3 is 5.97 Å². The molecule has 0 aliphatic carbocycles. The molecule has 0 bridgehead atoms. The summed E-state index contributed by atoms with van der Waals surface area (Å²) in [6.45, 7) is 5.29. The lowest BCUT2D eigenvalue weighted by atomic mass is 9.97. The summed E-state index contributed by atoms with van der Waals surface area (Å²) < 4.78 is 5.52. The van der Waals surface area contributed by atoms with Gasteiger partial charge in [-0.1, -0.05) is 54.1 Å². The van der Waals surface area contributed by atoms with E-state index in [4.69, 9.17) is 16.3 Å². The number of halogens is 1. The first-order valence-electron chi connectivity index (χ1n) is 8.79. The largest absolute Gasteiger partial charge is 0.459 e. The van der Waals surface area contributed by atoms with Crippen molar-refractivity contribution in [1.29, 1.82) is 0 Å². The molecule has 0 fully saturated rings. The molecule has 1 atom stereocenters. The molecule has 28 heavy (non-hydrogen) atoms. The Hall–Kier alpha value is -2.50. The second-order valence-corrected chi connectivity index (χ2v) is 8.54. The summed E-state index contributed by atoms with van der Waals surface area (Å²) in [5, 5.41) is 2.51. The maximum Gasteiger partial charge on any atom is 0.324 e. The molecule has 0 aliphatic rings. The summed E-state index contributed by atoms with van der Waals surface area (Å²) in [5.41, 5.74) is 1.17. The molecular formula is C22H20ClNO3S. The fourth-order valence-electron chi connectivity index (χ4n) is 2.66. The number of Topliss-reactive ketones (excluding diaryl/α,β-unsaturated/α-hetero) is 1. The molecule has 0 radical (unpaired) electrons. The van der Waals surface area contributed by atoms with Crippen LogP contribution < -0.4 is 0 Å². The summed E-state index contributed by atoms with van der Waals surface area (Å²) in [6, 6.07) is 16.3. The molecule has 0 spiro atoms. The number of rotatable bonds is 5. The molecule has 0 aliphatic heterocycles. The van der Waals surface area contributed by atoms with Gasteiger partial charge in [-0.3, -0.25) is 9.59 Å². The maximum atomic E-state index is 13.2. The lowest BCUT2D eigenvalue weighted by molar-refractivity contribution is -0.155. The number of carbonyl (C=O) groups excluding carboxylic acids is 2. The van der Waals surface area contributed by atoms with E-state index in [1.807, 2.05) is 35.7 Å². The van der Waals surface area contributed by atoms with Crippen molar-refractivity contribution in [2.24, 2.45) is 0 Å². The number of ketones is 1. The zero-order valence-corrected chi connectivity index (χ0v) is 17.4. The highest BCUT2D eigenvalue weighted by Crippen LogP contribution is 2.32. The fourth-order valence-corrected chi connectivity index (χ4v) is 3.80. The summed E-state index contributed by atoms with van der Waals surface area (Å²) in [7, 11) is 0. The molecule has 0 saturated heterocycles. The maximum absolute atomic E-state index is 13.2. The highest BCUT2D eigenvalue weighted by Gasteiger charge is 2.36. The Balaban J connectivity index is 2.02. The number of hydrogen-bond donors (Lipinski definition) is 0. The highest BCUT2D eigenvalue weighted by molar-refractivity contribution is 7.10. The van der Waals surface area contributed by atoms with Gasteiger partial charge in [-0.15, -0.1) is 11.3 Å². The Morgan fingerprint density at radius 3 is 2.32 bits per heavy atom. The highest BCUT2D eigenvalue weighted by atomic mass is 35.5. The zero-order valence-electron chi connectivity index (χ0n) is 15.8. The number of hydrogen-bond acceptors (Lipinski definition) is 5. The van der Waals surface area contributed by atoms with E-state index in [1.165, 1.54) is 11.3 Å². The predicted molar refractivity (Wildman–Crippen MR) is 112 cm³/mol. The molecule has 3 rings (SSSR count). The second kappa shape index (κ2) is 8.25. The van der Waals surface area contributed by atoms with E-state index in [1.54, 1.807) is 45.0 Å². The number of thiazole rings is 1. The van der Waals surface area contributed by atoms with E-state index >= 15 is 0 Å². The van der Waals surface area contributed by atoms with Crippen LogP contribution in [0.2, 0.25) is 5.02 Å². The first-order valence-corrected chi connectivity index (χ1v) is 10.0. The van der Waals surface area contributed by atoms with Gasteiger partial charge in [0, 0.05) is 16.5 Å². The lowest BCUT2D eigenvalue weighted by Gasteiger charge is -2.22. The number of aromatic nitrogens is 1. The van der Waals surface area contributed by atoms with Crippen molar-refractivity contribution >= 4 is 34.7 Å². The quantitative estimate of drug-likeness (QED) is 0.302. The van der Waals surface area contributed by atoms with E-state index < -0.39 is 23.3 Å². The minimum absolute atomic E-state index is 0.275. The molecule has 0 saturated carbocycles. The number of benzene rings is 2. The van der Waals surface area contributed by atoms with Crippen LogP contribution in [0.4, 0.5) is 0 Å². The van der Waals surface area contributed by atoms with Gasteiger partial charge in [0.15, 0.2) is 11.7 Å². The summed E-state index contributed by atoms with van der Waals surface area (Å²) in [5.74, 6) is -2.22. The third kappa shape index (κ3) is 4.66. The van der Waals surface area contributed by atoms with Crippen LogP contribution in [-0.2, 0) is 9.53 Å². The molecule has 144 valence electrons. The first kappa shape index (κ1) is 20.2. The van der Waals surface area contributed by atoms with E-state index in [0.29, 0.717) is 15.7 Å². The Labute approximate surface area is 173 Å². The van der Waals surface area contributed by atoms with Crippen LogP contribution >= 0.6 is 22.9 Å². The fraction of sp³-hybridized carbons (Fsp3) is 0.227. The van der Waals surface area contributed by atoms with Crippen LogP contribution in [0.5, 0.6) is 0 Å². The smallest absolute Gasteiger partial charge is 0.324 e. The Kier molecular flexibility index (Phi) is 5.96. The van der Waals surface area contributed by atoms with Gasteiger partial charge in [-0.25, -0.2) is 4.98 Å². The van der Waals surface area contributed by atoms with E-state index in [-0.39, 0.29) is 5.56 Å². The monoisotopic (exact) mass is 413 g/mol. The molecule has 1 heterocycles. The normalized spacial score (nSPS) is 12.4. The van der Waals surface area contributed by atoms with Crippen LogP contribution in [-0.4, -0.2) is 22.3 Å². The van der Waals surface area contributed by atoms with Crippen LogP contribution in [0.1, 0.15) is 42.1 Å². The summed E-state index contributed by atoms with van der Waals surface area (Å²) in [4.78, 5) is 30.7. The van der Waals surface area contributed by atoms with E-state index in [2.05, 4.69) is 4.98 Å². The average molecular weight is 414 g/mol. The molecular weight excluding hydrogens is 394 g/mol. The van der Waals surface area contributed by atoms with Crippen LogP contribution in [0, 0.1) is 0 Å². The minimum atomic E-state index is -1.17. The topological polar surface area (TPSA) is 56.3 Å². The molecule has 0 N–H and O–H groups in total. The van der Waals surface area contributed by atoms with Gasteiger partial charge in [0.05, 0.1) is 10.7 Å². The summed E-state index contributed by atoms with van der Waals surface area (Å²) in [6.07, 6.45) is 0. The van der Waals surface area contributed by atoms with Crippen LogP contribution in [0.3, 0.4) is 0 Å². The van der Waals surface area contributed by atoms with Gasteiger partial charge < -0.3 is 4.74 Å². The number of ether oxygens (including phenoxy) is 1. The van der Waals surface area contributed by atoms with E-state index in [9.17, 15) is 9.59 Å². The van der Waals surface area contributed by atoms with Gasteiger partial charge in [0.25, 0.3) is 0 Å².